The summed E-state index contributed by atoms with van der Waals surface area (Å²) in [7, 11) is 1.56. The maximum absolute atomic E-state index is 9.51. The van der Waals surface area contributed by atoms with Crippen molar-refractivity contribution in [2.24, 2.45) is 5.73 Å². The lowest BCUT2D eigenvalue weighted by Gasteiger charge is -2.17. The maximum atomic E-state index is 9.51. The smallest absolute Gasteiger partial charge is 0.160 e. The maximum Gasteiger partial charge on any atom is 0.160 e. The minimum absolute atomic E-state index is 0.0601. The highest BCUT2D eigenvalue weighted by atomic mass is 16.5. The topological polar surface area (TPSA) is 55.5 Å². The van der Waals surface area contributed by atoms with Gasteiger partial charge in [0.2, 0.25) is 0 Å². The van der Waals surface area contributed by atoms with Gasteiger partial charge < -0.3 is 15.6 Å². The first-order valence-electron chi connectivity index (χ1n) is 5.70. The van der Waals surface area contributed by atoms with Crippen LogP contribution >= 0.6 is 0 Å². The molecule has 0 heterocycles. The Hall–Kier alpha value is -1.22. The molecule has 3 N–H and O–H groups in total. The second-order valence-electron chi connectivity index (χ2n) is 4.90. The summed E-state index contributed by atoms with van der Waals surface area (Å²) < 4.78 is 5.10. The van der Waals surface area contributed by atoms with E-state index in [0.717, 1.165) is 19.3 Å². The number of hydrogen-bond donors (Lipinski definition) is 2. The Morgan fingerprint density at radius 1 is 1.50 bits per heavy atom. The van der Waals surface area contributed by atoms with Crippen LogP contribution in [0.15, 0.2) is 18.2 Å². The molecular formula is C13H19NO2. The molecule has 1 fully saturated rings. The first-order valence-corrected chi connectivity index (χ1v) is 5.70. The minimum Gasteiger partial charge on any atom is -0.504 e. The Kier molecular flexibility index (Phi) is 2.80. The average Bonchev–Trinajstić information content (AvgIpc) is 2.96. The lowest BCUT2D eigenvalue weighted by molar-refractivity contribution is 0.372. The molecule has 88 valence electrons. The molecule has 0 radical (unpaired) electrons. The van der Waals surface area contributed by atoms with E-state index in [2.05, 4.69) is 6.92 Å². The van der Waals surface area contributed by atoms with Crippen LogP contribution in [0.1, 0.15) is 37.7 Å². The molecule has 0 aliphatic heterocycles. The molecular weight excluding hydrogens is 202 g/mol. The number of benzene rings is 1. The van der Waals surface area contributed by atoms with Gasteiger partial charge in [0.05, 0.1) is 7.11 Å². The molecule has 0 aromatic heterocycles. The van der Waals surface area contributed by atoms with Gasteiger partial charge in [-0.2, -0.15) is 0 Å². The van der Waals surface area contributed by atoms with Crippen molar-refractivity contribution >= 4 is 0 Å². The fraction of sp³-hybridized carbons (Fsp3) is 0.538. The zero-order valence-electron chi connectivity index (χ0n) is 9.86. The lowest BCUT2D eigenvalue weighted by atomic mass is 9.93. The molecule has 1 atom stereocenters. The van der Waals surface area contributed by atoms with Crippen LogP contribution in [0.3, 0.4) is 0 Å². The SMILES string of the molecule is COc1cc(C(C)CC2(N)CC2)ccc1O. The molecule has 16 heavy (non-hydrogen) atoms. The van der Waals surface area contributed by atoms with Crippen LogP contribution in [0.2, 0.25) is 0 Å². The van der Waals surface area contributed by atoms with E-state index in [-0.39, 0.29) is 11.3 Å². The molecule has 1 unspecified atom stereocenters. The van der Waals surface area contributed by atoms with Crippen molar-refractivity contribution < 1.29 is 9.84 Å². The number of aromatic hydroxyl groups is 1. The monoisotopic (exact) mass is 221 g/mol. The molecule has 1 aromatic rings. The van der Waals surface area contributed by atoms with Crippen molar-refractivity contribution in [1.29, 1.82) is 0 Å². The zero-order valence-corrected chi connectivity index (χ0v) is 9.86. The average molecular weight is 221 g/mol. The first kappa shape index (κ1) is 11.3. The van der Waals surface area contributed by atoms with Crippen molar-refractivity contribution in [3.05, 3.63) is 23.8 Å². The zero-order chi connectivity index (χ0) is 11.8. The van der Waals surface area contributed by atoms with Gasteiger partial charge in [0, 0.05) is 5.54 Å². The van der Waals surface area contributed by atoms with E-state index in [4.69, 9.17) is 10.5 Å². The lowest BCUT2D eigenvalue weighted by Crippen LogP contribution is -2.23. The van der Waals surface area contributed by atoms with Gasteiger partial charge in [-0.1, -0.05) is 13.0 Å². The highest BCUT2D eigenvalue weighted by Crippen LogP contribution is 2.41. The van der Waals surface area contributed by atoms with E-state index < -0.39 is 0 Å². The summed E-state index contributed by atoms with van der Waals surface area (Å²) in [6.07, 6.45) is 3.26. The third kappa shape index (κ3) is 2.30. The third-order valence-corrected chi connectivity index (χ3v) is 3.38. The van der Waals surface area contributed by atoms with Gasteiger partial charge in [-0.05, 0) is 42.9 Å². The second kappa shape index (κ2) is 3.98. The number of ether oxygens (including phenoxy) is 1. The predicted octanol–water partition coefficient (Wildman–Crippen LogP) is 2.39. The first-order chi connectivity index (χ1) is 7.54. The van der Waals surface area contributed by atoms with Crippen LogP contribution in [-0.2, 0) is 0 Å². The van der Waals surface area contributed by atoms with Crippen molar-refractivity contribution in [3.63, 3.8) is 0 Å². The van der Waals surface area contributed by atoms with Crippen LogP contribution in [0.5, 0.6) is 11.5 Å². The number of hydrogen-bond acceptors (Lipinski definition) is 3. The Morgan fingerprint density at radius 2 is 2.19 bits per heavy atom. The Bertz CT molecular complexity index is 386. The quantitative estimate of drug-likeness (QED) is 0.820. The van der Waals surface area contributed by atoms with Crippen LogP contribution in [-0.4, -0.2) is 17.8 Å². The summed E-state index contributed by atoms with van der Waals surface area (Å²) in [6, 6.07) is 5.51. The molecule has 1 saturated carbocycles. The van der Waals surface area contributed by atoms with E-state index in [1.54, 1.807) is 13.2 Å². The van der Waals surface area contributed by atoms with E-state index in [1.807, 2.05) is 12.1 Å². The van der Waals surface area contributed by atoms with Crippen LogP contribution < -0.4 is 10.5 Å². The molecule has 1 aliphatic rings. The van der Waals surface area contributed by atoms with Gasteiger partial charge in [0.15, 0.2) is 11.5 Å². The number of methoxy groups -OCH3 is 1. The molecule has 2 rings (SSSR count). The summed E-state index contributed by atoms with van der Waals surface area (Å²) in [5.74, 6) is 1.13. The fourth-order valence-electron chi connectivity index (χ4n) is 2.09. The molecule has 1 aromatic carbocycles. The predicted molar refractivity (Wildman–Crippen MR) is 63.8 cm³/mol. The summed E-state index contributed by atoms with van der Waals surface area (Å²) in [6.45, 7) is 2.17. The molecule has 0 amide bonds. The highest BCUT2D eigenvalue weighted by Gasteiger charge is 2.39. The van der Waals surface area contributed by atoms with Crippen molar-refractivity contribution in [2.75, 3.05) is 7.11 Å². The number of rotatable bonds is 4. The van der Waals surface area contributed by atoms with E-state index in [9.17, 15) is 5.11 Å². The highest BCUT2D eigenvalue weighted by molar-refractivity contribution is 5.42. The van der Waals surface area contributed by atoms with Crippen molar-refractivity contribution in [1.82, 2.24) is 0 Å². The van der Waals surface area contributed by atoms with Gasteiger partial charge in [-0.3, -0.25) is 0 Å². The Balaban J connectivity index is 2.13. The van der Waals surface area contributed by atoms with Gasteiger partial charge >= 0.3 is 0 Å². The number of nitrogens with two attached hydrogens (primary N) is 1. The minimum atomic E-state index is 0.0601. The third-order valence-electron chi connectivity index (χ3n) is 3.38. The van der Waals surface area contributed by atoms with Crippen molar-refractivity contribution in [3.8, 4) is 11.5 Å². The van der Waals surface area contributed by atoms with Gasteiger partial charge in [0.1, 0.15) is 0 Å². The van der Waals surface area contributed by atoms with Gasteiger partial charge in [-0.25, -0.2) is 0 Å². The van der Waals surface area contributed by atoms with Crippen LogP contribution in [0, 0.1) is 0 Å². The molecule has 3 heteroatoms. The van der Waals surface area contributed by atoms with Gasteiger partial charge in [0.25, 0.3) is 0 Å². The summed E-state index contributed by atoms with van der Waals surface area (Å²) in [5.41, 5.74) is 7.34. The summed E-state index contributed by atoms with van der Waals surface area (Å²) >= 11 is 0. The molecule has 3 nitrogen and oxygen atoms in total. The van der Waals surface area contributed by atoms with Crippen LogP contribution in [0.25, 0.3) is 0 Å². The largest absolute Gasteiger partial charge is 0.504 e. The number of phenols is 1. The molecule has 0 saturated heterocycles. The summed E-state index contributed by atoms with van der Waals surface area (Å²) in [4.78, 5) is 0. The van der Waals surface area contributed by atoms with E-state index in [0.29, 0.717) is 11.7 Å². The van der Waals surface area contributed by atoms with Gasteiger partial charge in [-0.15, -0.1) is 0 Å². The van der Waals surface area contributed by atoms with Crippen molar-refractivity contribution in [2.45, 2.75) is 37.6 Å². The molecule has 1 aliphatic carbocycles. The Labute approximate surface area is 96.2 Å². The number of phenolic OH excluding ortho intramolecular Hbond substituents is 1. The molecule has 0 spiro atoms. The van der Waals surface area contributed by atoms with E-state index in [1.165, 1.54) is 5.56 Å². The normalized spacial score (nSPS) is 19.2. The summed E-state index contributed by atoms with van der Waals surface area (Å²) in [5, 5.41) is 9.51. The van der Waals surface area contributed by atoms with Crippen LogP contribution in [0.4, 0.5) is 0 Å². The second-order valence-corrected chi connectivity index (χ2v) is 4.90. The fourth-order valence-corrected chi connectivity index (χ4v) is 2.09. The van der Waals surface area contributed by atoms with E-state index >= 15 is 0 Å². The standard InChI is InChI=1S/C13H19NO2/c1-9(8-13(14)5-6-13)10-3-4-11(15)12(7-10)16-2/h3-4,7,9,15H,5-6,8,14H2,1-2H3. The Morgan fingerprint density at radius 3 is 2.75 bits per heavy atom. The molecule has 0 bridgehead atoms.